The Bertz CT molecular complexity index is 1900. The summed E-state index contributed by atoms with van der Waals surface area (Å²) in [5, 5.41) is 13.5. The molecular formula is C38H41Cl2N7O4. The number of nitrogens with zero attached hydrogens (tertiary/aromatic N) is 3. The Hall–Kier alpha value is -4.55. The number of likely N-dealkylation sites (tertiary alicyclic amines) is 1. The number of aromatic nitrogens is 2. The quantitative estimate of drug-likeness (QED) is 0.143. The zero-order valence-electron chi connectivity index (χ0n) is 28.6. The van der Waals surface area contributed by atoms with Crippen LogP contribution in [0.2, 0.25) is 10.0 Å². The maximum atomic E-state index is 13.2. The second-order valence-electron chi connectivity index (χ2n) is 12.8. The van der Waals surface area contributed by atoms with Crippen LogP contribution in [0.5, 0.6) is 5.75 Å². The van der Waals surface area contributed by atoms with Crippen LogP contribution in [0, 0.1) is 0 Å². The number of nitrogens with one attached hydrogen (secondary N) is 4. The number of pyridine rings is 2. The van der Waals surface area contributed by atoms with Crippen molar-refractivity contribution in [3.8, 4) is 28.1 Å². The van der Waals surface area contributed by atoms with E-state index in [9.17, 15) is 14.4 Å². The molecule has 2 aliphatic rings. The van der Waals surface area contributed by atoms with Gasteiger partial charge in [0, 0.05) is 92.8 Å². The first-order valence-electron chi connectivity index (χ1n) is 17.1. The Balaban J connectivity index is 1.10. The van der Waals surface area contributed by atoms with Crippen LogP contribution in [0.3, 0.4) is 0 Å². The summed E-state index contributed by atoms with van der Waals surface area (Å²) in [7, 11) is 1.62. The van der Waals surface area contributed by atoms with Crippen molar-refractivity contribution in [1.29, 1.82) is 0 Å². The molecule has 0 bridgehead atoms. The zero-order chi connectivity index (χ0) is 35.9. The smallest absolute Gasteiger partial charge is 0.274 e. The van der Waals surface area contributed by atoms with Gasteiger partial charge in [-0.1, -0.05) is 53.5 Å². The third kappa shape index (κ3) is 8.85. The summed E-state index contributed by atoms with van der Waals surface area (Å²) in [5.41, 5.74) is 5.24. The lowest BCUT2D eigenvalue weighted by Crippen LogP contribution is -2.43. The lowest BCUT2D eigenvalue weighted by atomic mass is 10.0. The maximum Gasteiger partial charge on any atom is 0.274 e. The minimum absolute atomic E-state index is 0.0939. The minimum atomic E-state index is -0.388. The van der Waals surface area contributed by atoms with Gasteiger partial charge in [-0.2, -0.15) is 0 Å². The van der Waals surface area contributed by atoms with Crippen molar-refractivity contribution in [2.75, 3.05) is 32.1 Å². The van der Waals surface area contributed by atoms with Crippen LogP contribution in [0.1, 0.15) is 54.2 Å². The molecule has 11 nitrogen and oxygen atoms in total. The summed E-state index contributed by atoms with van der Waals surface area (Å²) >= 11 is 13.9. The fraction of sp³-hybridized carbons (Fsp3) is 0.342. The van der Waals surface area contributed by atoms with Crippen LogP contribution in [-0.2, 0) is 22.7 Å². The van der Waals surface area contributed by atoms with Crippen molar-refractivity contribution in [3.63, 3.8) is 0 Å². The SMILES string of the molecule is COc1cc(-c2nccc(-c3cccc(NC(=O)c4ccc(CNC5CCN(C(C)=O)CC5)cn4)c3Cl)c2Cl)ccc1CNCC1CCC(=O)N1. The summed E-state index contributed by atoms with van der Waals surface area (Å²) in [6.45, 7) is 5.00. The number of carbonyl (C=O) groups is 3. The molecule has 2 saturated heterocycles. The average Bonchev–Trinajstić information content (AvgIpc) is 3.56. The van der Waals surface area contributed by atoms with Gasteiger partial charge in [0.1, 0.15) is 11.4 Å². The van der Waals surface area contributed by atoms with E-state index in [1.54, 1.807) is 50.7 Å². The van der Waals surface area contributed by atoms with E-state index < -0.39 is 0 Å². The molecule has 2 aromatic heterocycles. The average molecular weight is 731 g/mol. The van der Waals surface area contributed by atoms with Crippen LogP contribution in [-0.4, -0.2) is 71.4 Å². The van der Waals surface area contributed by atoms with Crippen LogP contribution in [0.15, 0.2) is 67.0 Å². The van der Waals surface area contributed by atoms with Crippen molar-refractivity contribution in [2.24, 2.45) is 0 Å². The molecular weight excluding hydrogens is 689 g/mol. The number of rotatable bonds is 12. The number of anilines is 1. The number of methoxy groups -OCH3 is 1. The molecule has 2 aromatic carbocycles. The highest BCUT2D eigenvalue weighted by Gasteiger charge is 2.22. The molecule has 4 aromatic rings. The number of benzene rings is 2. The van der Waals surface area contributed by atoms with E-state index in [2.05, 4.69) is 31.2 Å². The van der Waals surface area contributed by atoms with E-state index in [0.717, 1.165) is 49.0 Å². The fourth-order valence-corrected chi connectivity index (χ4v) is 7.05. The van der Waals surface area contributed by atoms with Crippen molar-refractivity contribution in [2.45, 2.75) is 57.8 Å². The second kappa shape index (κ2) is 16.6. The summed E-state index contributed by atoms with van der Waals surface area (Å²) in [4.78, 5) is 47.1. The van der Waals surface area contributed by atoms with Crippen LogP contribution >= 0.6 is 23.2 Å². The molecule has 0 aliphatic carbocycles. The van der Waals surface area contributed by atoms with Gasteiger partial charge in [-0.25, -0.2) is 0 Å². The number of ether oxygens (including phenoxy) is 1. The Morgan fingerprint density at radius 1 is 0.980 bits per heavy atom. The predicted molar refractivity (Wildman–Crippen MR) is 199 cm³/mol. The highest BCUT2D eigenvalue weighted by atomic mass is 35.5. The largest absolute Gasteiger partial charge is 0.496 e. The van der Waals surface area contributed by atoms with E-state index in [1.807, 2.05) is 35.2 Å². The molecule has 2 fully saturated rings. The summed E-state index contributed by atoms with van der Waals surface area (Å²) in [6.07, 6.45) is 6.58. The lowest BCUT2D eigenvalue weighted by Gasteiger charge is -2.31. The molecule has 6 rings (SSSR count). The Labute approximate surface area is 307 Å². The van der Waals surface area contributed by atoms with Gasteiger partial charge in [-0.3, -0.25) is 24.4 Å². The number of carbonyl (C=O) groups excluding carboxylic acids is 3. The van der Waals surface area contributed by atoms with E-state index in [-0.39, 0.29) is 29.5 Å². The molecule has 13 heteroatoms. The van der Waals surface area contributed by atoms with Crippen molar-refractivity contribution in [3.05, 3.63) is 93.9 Å². The Morgan fingerprint density at radius 3 is 2.49 bits per heavy atom. The third-order valence-electron chi connectivity index (χ3n) is 9.37. The monoisotopic (exact) mass is 729 g/mol. The summed E-state index contributed by atoms with van der Waals surface area (Å²) < 4.78 is 5.70. The molecule has 0 saturated carbocycles. The van der Waals surface area contributed by atoms with Crippen LogP contribution in [0.4, 0.5) is 5.69 Å². The number of piperidine rings is 1. The molecule has 266 valence electrons. The first-order valence-corrected chi connectivity index (χ1v) is 17.8. The van der Waals surface area contributed by atoms with Gasteiger partial charge in [-0.05, 0) is 49.1 Å². The van der Waals surface area contributed by atoms with Gasteiger partial charge in [0.2, 0.25) is 11.8 Å². The summed E-state index contributed by atoms with van der Waals surface area (Å²) in [5.74, 6) is 0.510. The van der Waals surface area contributed by atoms with Gasteiger partial charge in [0.15, 0.2) is 0 Å². The van der Waals surface area contributed by atoms with Crippen LogP contribution in [0.25, 0.3) is 22.4 Å². The van der Waals surface area contributed by atoms with Gasteiger partial charge in [0.05, 0.1) is 28.5 Å². The third-order valence-corrected chi connectivity index (χ3v) is 10.2. The molecule has 0 radical (unpaired) electrons. The molecule has 1 atom stereocenters. The van der Waals surface area contributed by atoms with E-state index in [0.29, 0.717) is 70.4 Å². The van der Waals surface area contributed by atoms with Gasteiger partial charge in [0.25, 0.3) is 5.91 Å². The lowest BCUT2D eigenvalue weighted by molar-refractivity contribution is -0.130. The number of halogens is 2. The summed E-state index contributed by atoms with van der Waals surface area (Å²) in [6, 6.07) is 17.0. The first-order chi connectivity index (χ1) is 24.7. The molecule has 51 heavy (non-hydrogen) atoms. The van der Waals surface area contributed by atoms with Crippen molar-refractivity contribution < 1.29 is 19.1 Å². The molecule has 0 spiro atoms. The van der Waals surface area contributed by atoms with Gasteiger partial charge >= 0.3 is 0 Å². The van der Waals surface area contributed by atoms with E-state index >= 15 is 0 Å². The van der Waals surface area contributed by atoms with E-state index in [4.69, 9.17) is 27.9 Å². The molecule has 1 unspecified atom stereocenters. The van der Waals surface area contributed by atoms with Crippen molar-refractivity contribution >= 4 is 46.6 Å². The molecule has 4 N–H and O–H groups in total. The number of hydrogen-bond donors (Lipinski definition) is 4. The normalized spacial score (nSPS) is 16.2. The predicted octanol–water partition coefficient (Wildman–Crippen LogP) is 5.85. The highest BCUT2D eigenvalue weighted by molar-refractivity contribution is 6.39. The number of hydrogen-bond acceptors (Lipinski definition) is 8. The molecule has 4 heterocycles. The Morgan fingerprint density at radius 2 is 1.78 bits per heavy atom. The van der Waals surface area contributed by atoms with Gasteiger partial charge < -0.3 is 30.9 Å². The molecule has 2 aliphatic heterocycles. The highest BCUT2D eigenvalue weighted by Crippen LogP contribution is 2.41. The minimum Gasteiger partial charge on any atom is -0.496 e. The topological polar surface area (TPSA) is 138 Å². The number of amides is 3. The maximum absolute atomic E-state index is 13.2. The first kappa shape index (κ1) is 36.2. The second-order valence-corrected chi connectivity index (χ2v) is 13.6. The van der Waals surface area contributed by atoms with E-state index in [1.165, 1.54) is 0 Å². The Kier molecular flexibility index (Phi) is 11.8. The fourth-order valence-electron chi connectivity index (χ4n) is 6.45. The van der Waals surface area contributed by atoms with Crippen LogP contribution < -0.4 is 26.0 Å². The van der Waals surface area contributed by atoms with Gasteiger partial charge in [-0.15, -0.1) is 0 Å². The standard InChI is InChI=1S/C38H41Cl2N7O4/c1-23(48)47-16-13-27(14-17-47)43-19-24-6-10-32(44-20-24)38(50)46-31-5-3-4-29(35(31)39)30-12-15-42-37(36(30)40)25-7-8-26(33(18-25)51-2)21-41-22-28-9-11-34(49)45-28/h3-8,10,12,15,18,20,27-28,41,43H,9,11,13-14,16-17,19,21-22H2,1-2H3,(H,45,49)(H,46,50). The zero-order valence-corrected chi connectivity index (χ0v) is 30.1. The van der Waals surface area contributed by atoms with Crippen molar-refractivity contribution in [1.82, 2.24) is 30.8 Å². The molecule has 3 amide bonds.